The molecule has 0 saturated carbocycles. The minimum absolute atomic E-state index is 0.165. The normalized spacial score (nSPS) is 12.0. The van der Waals surface area contributed by atoms with Gasteiger partial charge in [0.1, 0.15) is 0 Å². The Hall–Kier alpha value is -2.58. The van der Waals surface area contributed by atoms with Crippen LogP contribution in [0, 0.1) is 0 Å². The summed E-state index contributed by atoms with van der Waals surface area (Å²) >= 11 is 0. The number of aliphatic carboxylic acids is 1. The molecule has 0 aliphatic heterocycles. The summed E-state index contributed by atoms with van der Waals surface area (Å²) in [5.41, 5.74) is 0.666. The number of carbonyl (C=O) groups is 2. The summed E-state index contributed by atoms with van der Waals surface area (Å²) in [5.74, 6) is -1.31. The fourth-order valence-corrected chi connectivity index (χ4v) is 2.40. The Bertz CT molecular complexity index is 627. The van der Waals surface area contributed by atoms with Crippen LogP contribution in [0.15, 0.2) is 36.1 Å². The van der Waals surface area contributed by atoms with E-state index >= 15 is 0 Å². The summed E-state index contributed by atoms with van der Waals surface area (Å²) in [4.78, 5) is 21.9. The van der Waals surface area contributed by atoms with E-state index in [4.69, 9.17) is 29.5 Å². The molecule has 1 unspecified atom stereocenters. The average Bonchev–Trinajstić information content (AvgIpc) is 2.75. The lowest BCUT2D eigenvalue weighted by Gasteiger charge is -2.09. The van der Waals surface area contributed by atoms with Gasteiger partial charge in [-0.25, -0.2) is 4.79 Å². The van der Waals surface area contributed by atoms with Gasteiger partial charge in [0, 0.05) is 12.0 Å². The smallest absolute Gasteiger partial charge is 0.375 e. The number of esters is 1. The van der Waals surface area contributed by atoms with E-state index in [2.05, 4.69) is 6.92 Å². The summed E-state index contributed by atoms with van der Waals surface area (Å²) in [6.07, 6.45) is 3.89. The summed E-state index contributed by atoms with van der Waals surface area (Å²) in [6, 6.07) is 8.93. The second-order valence-electron chi connectivity index (χ2n) is 6.39. The average molecular weight is 427 g/mol. The van der Waals surface area contributed by atoms with E-state index in [0.717, 1.165) is 19.3 Å². The van der Waals surface area contributed by atoms with Gasteiger partial charge in [-0.3, -0.25) is 4.79 Å². The molecule has 0 spiro atoms. The van der Waals surface area contributed by atoms with Gasteiger partial charge in [-0.15, -0.1) is 0 Å². The lowest BCUT2D eigenvalue weighted by Crippen LogP contribution is -2.13. The predicted molar refractivity (Wildman–Crippen MR) is 112 cm³/mol. The molecule has 0 aliphatic carbocycles. The fourth-order valence-electron chi connectivity index (χ4n) is 2.40. The number of carboxylic acid groups (broad SMARTS) is 1. The maximum atomic E-state index is 11.1. The van der Waals surface area contributed by atoms with Crippen LogP contribution in [0.4, 0.5) is 0 Å². The molecule has 0 saturated heterocycles. The van der Waals surface area contributed by atoms with Gasteiger partial charge >= 0.3 is 11.9 Å². The second-order valence-corrected chi connectivity index (χ2v) is 6.39. The van der Waals surface area contributed by atoms with Crippen LogP contribution in [-0.2, 0) is 23.8 Å². The molecule has 1 rings (SSSR count). The minimum Gasteiger partial charge on any atom is -0.492 e. The highest BCUT2D eigenvalue weighted by molar-refractivity contribution is 5.92. The third-order valence-electron chi connectivity index (χ3n) is 3.98. The molecule has 1 aromatic rings. The van der Waals surface area contributed by atoms with E-state index in [1.165, 1.54) is 14.2 Å². The molecule has 170 valence electrons. The summed E-state index contributed by atoms with van der Waals surface area (Å²) in [7, 11) is 2.70. The third-order valence-corrected chi connectivity index (χ3v) is 3.98. The van der Waals surface area contributed by atoms with Crippen LogP contribution < -0.4 is 0 Å². The van der Waals surface area contributed by atoms with Crippen LogP contribution in [0.2, 0.25) is 0 Å². The van der Waals surface area contributed by atoms with Gasteiger partial charge < -0.3 is 29.5 Å². The van der Waals surface area contributed by atoms with Crippen LogP contribution in [0.25, 0.3) is 5.76 Å². The number of unbranched alkanes of at least 4 members (excludes halogenated alkanes) is 2. The summed E-state index contributed by atoms with van der Waals surface area (Å²) in [6.45, 7) is 2.19. The molecular weight excluding hydrogens is 392 g/mol. The Morgan fingerprint density at radius 2 is 1.70 bits per heavy atom. The van der Waals surface area contributed by atoms with Crippen molar-refractivity contribution in [3.05, 3.63) is 41.7 Å². The van der Waals surface area contributed by atoms with E-state index < -0.39 is 12.1 Å². The molecule has 0 radical (unpaired) electrons. The van der Waals surface area contributed by atoms with E-state index in [1.54, 1.807) is 24.3 Å². The molecule has 0 bridgehead atoms. The molecule has 1 atom stereocenters. The first kappa shape index (κ1) is 27.4. The van der Waals surface area contributed by atoms with Crippen molar-refractivity contribution in [2.45, 2.75) is 51.6 Å². The highest BCUT2D eigenvalue weighted by Gasteiger charge is 2.17. The van der Waals surface area contributed by atoms with Crippen LogP contribution >= 0.6 is 0 Å². The van der Waals surface area contributed by atoms with Crippen molar-refractivity contribution in [2.24, 2.45) is 0 Å². The molecule has 8 nitrogen and oxygen atoms in total. The van der Waals surface area contributed by atoms with Gasteiger partial charge in [-0.2, -0.15) is 0 Å². The number of carbonyl (C=O) groups excluding carboxylic acids is 1. The molecule has 30 heavy (non-hydrogen) atoms. The van der Waals surface area contributed by atoms with Crippen molar-refractivity contribution >= 4 is 17.7 Å². The number of aliphatic hydroxyl groups is 2. The Labute approximate surface area is 178 Å². The fraction of sp³-hybridized carbons (Fsp3) is 0.545. The van der Waals surface area contributed by atoms with Crippen LogP contribution in [0.3, 0.4) is 0 Å². The zero-order valence-electron chi connectivity index (χ0n) is 18.0. The maximum Gasteiger partial charge on any atom is 0.375 e. The zero-order chi connectivity index (χ0) is 22.8. The molecule has 0 aliphatic rings. The Morgan fingerprint density at radius 1 is 1.03 bits per heavy atom. The SMILES string of the molecule is CCCCCC(=O)OCCCC(O)CO.COC(C(=O)O)=C(OC)c1ccccc1. The minimum atomic E-state index is -1.15. The summed E-state index contributed by atoms with van der Waals surface area (Å²) in [5, 5.41) is 26.4. The second kappa shape index (κ2) is 17.3. The number of aliphatic hydroxyl groups excluding tert-OH is 2. The number of benzene rings is 1. The first-order chi connectivity index (χ1) is 14.4. The van der Waals surface area contributed by atoms with Crippen LogP contribution in [0.5, 0.6) is 0 Å². The predicted octanol–water partition coefficient (Wildman–Crippen LogP) is 2.98. The first-order valence-electron chi connectivity index (χ1n) is 9.96. The van der Waals surface area contributed by atoms with Crippen LogP contribution in [-0.4, -0.2) is 60.8 Å². The molecule has 0 heterocycles. The topological polar surface area (TPSA) is 123 Å². The number of hydrogen-bond acceptors (Lipinski definition) is 7. The number of hydrogen-bond donors (Lipinski definition) is 3. The standard InChI is InChI=1S/C11H12O4.C11H22O4/c1-14-9(10(15-2)11(12)13)8-6-4-3-5-7-8;1-2-3-4-7-11(14)15-8-5-6-10(13)9-12/h3-7H,1-2H3,(H,12,13);10,12-13H,2-9H2,1H3. The van der Waals surface area contributed by atoms with E-state index in [9.17, 15) is 9.59 Å². The van der Waals surface area contributed by atoms with Crippen LogP contribution in [0.1, 0.15) is 51.0 Å². The van der Waals surface area contributed by atoms with Crippen molar-refractivity contribution in [2.75, 3.05) is 27.4 Å². The Kier molecular flexibility index (Phi) is 15.8. The molecule has 1 aromatic carbocycles. The molecule has 0 fully saturated rings. The van der Waals surface area contributed by atoms with Crippen molar-refractivity contribution in [1.82, 2.24) is 0 Å². The number of methoxy groups -OCH3 is 2. The highest BCUT2D eigenvalue weighted by atomic mass is 16.5. The zero-order valence-corrected chi connectivity index (χ0v) is 18.0. The van der Waals surface area contributed by atoms with Gasteiger partial charge in [-0.1, -0.05) is 50.1 Å². The molecular formula is C22H34O8. The lowest BCUT2D eigenvalue weighted by atomic mass is 10.1. The van der Waals surface area contributed by atoms with E-state index in [-0.39, 0.29) is 24.1 Å². The molecule has 8 heteroatoms. The van der Waals surface area contributed by atoms with Gasteiger partial charge in [0.05, 0.1) is 33.5 Å². The Morgan fingerprint density at radius 3 is 2.20 bits per heavy atom. The third kappa shape index (κ3) is 12.1. The van der Waals surface area contributed by atoms with E-state index in [0.29, 0.717) is 31.4 Å². The van der Waals surface area contributed by atoms with Crippen molar-refractivity contribution in [3.63, 3.8) is 0 Å². The van der Waals surface area contributed by atoms with Crippen molar-refractivity contribution < 1.29 is 39.1 Å². The van der Waals surface area contributed by atoms with Crippen molar-refractivity contribution in [3.8, 4) is 0 Å². The molecule has 0 aromatic heterocycles. The number of ether oxygens (including phenoxy) is 3. The van der Waals surface area contributed by atoms with Gasteiger partial charge in [0.25, 0.3) is 0 Å². The number of rotatable bonds is 13. The van der Waals surface area contributed by atoms with Crippen molar-refractivity contribution in [1.29, 1.82) is 0 Å². The molecule has 0 amide bonds. The Balaban J connectivity index is 0.000000561. The maximum absolute atomic E-state index is 11.1. The highest BCUT2D eigenvalue weighted by Crippen LogP contribution is 2.19. The quantitative estimate of drug-likeness (QED) is 0.190. The summed E-state index contributed by atoms with van der Waals surface area (Å²) < 4.78 is 14.8. The first-order valence-corrected chi connectivity index (χ1v) is 9.96. The van der Waals surface area contributed by atoms with Gasteiger partial charge in [0.2, 0.25) is 5.76 Å². The molecule has 3 N–H and O–H groups in total. The van der Waals surface area contributed by atoms with Gasteiger partial charge in [0.15, 0.2) is 5.76 Å². The number of carboxylic acids is 1. The largest absolute Gasteiger partial charge is 0.492 e. The van der Waals surface area contributed by atoms with E-state index in [1.807, 2.05) is 6.07 Å². The monoisotopic (exact) mass is 426 g/mol. The lowest BCUT2D eigenvalue weighted by molar-refractivity contribution is -0.144. The van der Waals surface area contributed by atoms with Gasteiger partial charge in [-0.05, 0) is 19.3 Å².